The van der Waals surface area contributed by atoms with Gasteiger partial charge < -0.3 is 5.32 Å². The molecule has 1 aromatic heterocycles. The zero-order valence-corrected chi connectivity index (χ0v) is 15.7. The van der Waals surface area contributed by atoms with Crippen LogP contribution in [0.15, 0.2) is 58.2 Å². The molecule has 2 N–H and O–H groups in total. The molecule has 3 aromatic rings. The monoisotopic (exact) mass is 385 g/mol. The van der Waals surface area contributed by atoms with Crippen molar-refractivity contribution in [1.82, 2.24) is 15.5 Å². The minimum Gasteiger partial charge on any atom is -0.349 e. The van der Waals surface area contributed by atoms with Gasteiger partial charge in [0.2, 0.25) is 5.91 Å². The zero-order valence-electron chi connectivity index (χ0n) is 14.9. The highest BCUT2D eigenvalue weighted by atomic mass is 32.2. The standard InChI is InChI=1S/C19H19N3O4S/c1-12(13-7-9-14(10-8-13)27(2,25)26)20-18(23)11-17-15-5-3-4-6-16(15)19(24)22-21-17/h3-10,12H,11H2,1-2H3,(H,20,23)(H,22,24)/t12-/m0/s1. The number of carbonyl (C=O) groups excluding carboxylic acids is 1. The quantitative estimate of drug-likeness (QED) is 0.695. The van der Waals surface area contributed by atoms with Crippen molar-refractivity contribution in [3.05, 3.63) is 70.1 Å². The molecule has 0 bridgehead atoms. The Morgan fingerprint density at radius 1 is 1.11 bits per heavy atom. The Balaban J connectivity index is 1.74. The summed E-state index contributed by atoms with van der Waals surface area (Å²) in [6.45, 7) is 1.81. The van der Waals surface area contributed by atoms with Crippen LogP contribution in [0.25, 0.3) is 10.8 Å². The maximum Gasteiger partial charge on any atom is 0.272 e. The van der Waals surface area contributed by atoms with E-state index in [9.17, 15) is 18.0 Å². The van der Waals surface area contributed by atoms with E-state index in [2.05, 4.69) is 15.5 Å². The lowest BCUT2D eigenvalue weighted by Crippen LogP contribution is -2.29. The van der Waals surface area contributed by atoms with Crippen molar-refractivity contribution < 1.29 is 13.2 Å². The molecule has 0 saturated heterocycles. The van der Waals surface area contributed by atoms with Gasteiger partial charge in [0.15, 0.2) is 9.84 Å². The average molecular weight is 385 g/mol. The summed E-state index contributed by atoms with van der Waals surface area (Å²) in [6, 6.07) is 13.1. The van der Waals surface area contributed by atoms with E-state index < -0.39 is 9.84 Å². The average Bonchev–Trinajstić information content (AvgIpc) is 2.63. The van der Waals surface area contributed by atoms with Crippen molar-refractivity contribution in [2.75, 3.05) is 6.26 Å². The molecule has 0 radical (unpaired) electrons. The maximum atomic E-state index is 12.4. The first-order chi connectivity index (χ1) is 12.8. The zero-order chi connectivity index (χ0) is 19.6. The van der Waals surface area contributed by atoms with Crippen LogP contribution < -0.4 is 10.9 Å². The van der Waals surface area contributed by atoms with Crippen LogP contribution in [0.4, 0.5) is 0 Å². The summed E-state index contributed by atoms with van der Waals surface area (Å²) in [7, 11) is -3.26. The molecule has 1 heterocycles. The molecular formula is C19H19N3O4S. The number of carbonyl (C=O) groups is 1. The number of hydrogen-bond acceptors (Lipinski definition) is 5. The summed E-state index contributed by atoms with van der Waals surface area (Å²) in [6.07, 6.45) is 1.16. The van der Waals surface area contributed by atoms with Crippen molar-refractivity contribution in [2.45, 2.75) is 24.3 Å². The van der Waals surface area contributed by atoms with Crippen LogP contribution in [0.5, 0.6) is 0 Å². The summed E-state index contributed by atoms with van der Waals surface area (Å²) in [5, 5.41) is 10.4. The van der Waals surface area contributed by atoms with Gasteiger partial charge >= 0.3 is 0 Å². The minimum atomic E-state index is -3.26. The molecule has 0 fully saturated rings. The molecule has 140 valence electrons. The van der Waals surface area contributed by atoms with Crippen LogP contribution in [-0.2, 0) is 21.1 Å². The smallest absolute Gasteiger partial charge is 0.272 e. The van der Waals surface area contributed by atoms with E-state index in [1.807, 2.05) is 6.92 Å². The second-order valence-corrected chi connectivity index (χ2v) is 8.37. The largest absolute Gasteiger partial charge is 0.349 e. The summed E-state index contributed by atoms with van der Waals surface area (Å²) in [5.74, 6) is -0.251. The number of H-pyrrole nitrogens is 1. The van der Waals surface area contributed by atoms with Gasteiger partial charge in [-0.3, -0.25) is 9.59 Å². The molecule has 7 nitrogen and oxygen atoms in total. The van der Waals surface area contributed by atoms with Crippen molar-refractivity contribution in [3.8, 4) is 0 Å². The van der Waals surface area contributed by atoms with Gasteiger partial charge in [0.1, 0.15) is 0 Å². The summed E-state index contributed by atoms with van der Waals surface area (Å²) >= 11 is 0. The fraction of sp³-hybridized carbons (Fsp3) is 0.211. The molecule has 1 atom stereocenters. The van der Waals surface area contributed by atoms with Crippen molar-refractivity contribution >= 4 is 26.5 Å². The molecule has 3 rings (SSSR count). The van der Waals surface area contributed by atoms with Crippen molar-refractivity contribution in [1.29, 1.82) is 0 Å². The highest BCUT2D eigenvalue weighted by Gasteiger charge is 2.14. The number of aromatic nitrogens is 2. The van der Waals surface area contributed by atoms with E-state index >= 15 is 0 Å². The lowest BCUT2D eigenvalue weighted by atomic mass is 10.1. The van der Waals surface area contributed by atoms with E-state index in [0.29, 0.717) is 16.5 Å². The summed E-state index contributed by atoms with van der Waals surface area (Å²) in [5.41, 5.74) is 0.978. The summed E-state index contributed by atoms with van der Waals surface area (Å²) < 4.78 is 23.0. The van der Waals surface area contributed by atoms with Gasteiger partial charge in [0.25, 0.3) is 5.56 Å². The van der Waals surface area contributed by atoms with Gasteiger partial charge in [-0.1, -0.05) is 30.3 Å². The molecule has 27 heavy (non-hydrogen) atoms. The van der Waals surface area contributed by atoms with Gasteiger partial charge in [-0.15, -0.1) is 0 Å². The first-order valence-electron chi connectivity index (χ1n) is 8.31. The lowest BCUT2D eigenvalue weighted by Gasteiger charge is -2.15. The normalized spacial score (nSPS) is 12.7. The van der Waals surface area contributed by atoms with Crippen molar-refractivity contribution in [2.24, 2.45) is 0 Å². The number of benzene rings is 2. The Morgan fingerprint density at radius 3 is 2.37 bits per heavy atom. The molecule has 0 aliphatic rings. The minimum absolute atomic E-state index is 0.0169. The second-order valence-electron chi connectivity index (χ2n) is 6.35. The first kappa shape index (κ1) is 18.8. The number of hydrogen-bond donors (Lipinski definition) is 2. The molecule has 0 spiro atoms. The van der Waals surface area contributed by atoms with E-state index in [1.54, 1.807) is 36.4 Å². The number of amides is 1. The number of aromatic amines is 1. The van der Waals surface area contributed by atoms with E-state index in [-0.39, 0.29) is 28.8 Å². The highest BCUT2D eigenvalue weighted by Crippen LogP contribution is 2.17. The van der Waals surface area contributed by atoms with Crippen LogP contribution in [0.3, 0.4) is 0 Å². The third-order valence-electron chi connectivity index (χ3n) is 4.29. The van der Waals surface area contributed by atoms with Gasteiger partial charge in [0, 0.05) is 11.6 Å². The van der Waals surface area contributed by atoms with Crippen LogP contribution in [0.1, 0.15) is 24.2 Å². The van der Waals surface area contributed by atoms with Crippen LogP contribution in [-0.4, -0.2) is 30.8 Å². The topological polar surface area (TPSA) is 109 Å². The number of nitrogens with one attached hydrogen (secondary N) is 2. The van der Waals surface area contributed by atoms with Gasteiger partial charge in [-0.25, -0.2) is 13.5 Å². The number of sulfone groups is 1. The molecule has 1 amide bonds. The SMILES string of the molecule is C[C@H](NC(=O)Cc1n[nH]c(=O)c2ccccc12)c1ccc(S(C)(=O)=O)cc1. The Hall–Kier alpha value is -3.00. The van der Waals surface area contributed by atoms with Crippen LogP contribution in [0.2, 0.25) is 0 Å². The number of fused-ring (bicyclic) bond motifs is 1. The number of nitrogens with zero attached hydrogens (tertiary/aromatic N) is 1. The predicted octanol–water partition coefficient (Wildman–Crippen LogP) is 1.75. The molecule has 0 aliphatic carbocycles. The van der Waals surface area contributed by atoms with E-state index in [1.165, 1.54) is 12.1 Å². The Bertz CT molecular complexity index is 1150. The molecule has 0 saturated carbocycles. The molecule has 2 aromatic carbocycles. The van der Waals surface area contributed by atoms with Crippen LogP contribution >= 0.6 is 0 Å². The Labute approximate surface area is 156 Å². The maximum absolute atomic E-state index is 12.4. The van der Waals surface area contributed by atoms with Crippen molar-refractivity contribution in [3.63, 3.8) is 0 Å². The Kier molecular flexibility index (Phi) is 5.09. The summed E-state index contributed by atoms with van der Waals surface area (Å²) in [4.78, 5) is 24.5. The first-order valence-corrected chi connectivity index (χ1v) is 10.2. The third-order valence-corrected chi connectivity index (χ3v) is 5.42. The molecule has 0 unspecified atom stereocenters. The highest BCUT2D eigenvalue weighted by molar-refractivity contribution is 7.90. The van der Waals surface area contributed by atoms with E-state index in [0.717, 1.165) is 11.8 Å². The Morgan fingerprint density at radius 2 is 1.74 bits per heavy atom. The van der Waals surface area contributed by atoms with Gasteiger partial charge in [0.05, 0.1) is 28.4 Å². The lowest BCUT2D eigenvalue weighted by molar-refractivity contribution is -0.121. The molecular weight excluding hydrogens is 366 g/mol. The molecule has 8 heteroatoms. The van der Waals surface area contributed by atoms with Gasteiger partial charge in [-0.2, -0.15) is 5.10 Å². The number of rotatable bonds is 5. The van der Waals surface area contributed by atoms with E-state index in [4.69, 9.17) is 0 Å². The van der Waals surface area contributed by atoms with Gasteiger partial charge in [-0.05, 0) is 30.7 Å². The van der Waals surface area contributed by atoms with Crippen LogP contribution in [0, 0.1) is 0 Å². The second kappa shape index (κ2) is 7.32. The fourth-order valence-electron chi connectivity index (χ4n) is 2.84. The molecule has 0 aliphatic heterocycles. The predicted molar refractivity (Wildman–Crippen MR) is 102 cm³/mol. The fourth-order valence-corrected chi connectivity index (χ4v) is 3.47. The third kappa shape index (κ3) is 4.22.